The highest BCUT2D eigenvalue weighted by atomic mass is 16.2. The van der Waals surface area contributed by atoms with Crippen LogP contribution in [0.25, 0.3) is 10.9 Å². The molecule has 3 heterocycles. The molecule has 3 aromatic rings. The Balaban J connectivity index is 1.48. The molecule has 5 heteroatoms. The van der Waals surface area contributed by atoms with Gasteiger partial charge in [0.1, 0.15) is 12.6 Å². The van der Waals surface area contributed by atoms with E-state index in [1.165, 1.54) is 0 Å². The first-order valence-corrected chi connectivity index (χ1v) is 9.33. The second-order valence-electron chi connectivity index (χ2n) is 7.20. The highest BCUT2D eigenvalue weighted by Crippen LogP contribution is 2.26. The molecule has 4 rings (SSSR count). The van der Waals surface area contributed by atoms with E-state index in [-0.39, 0.29) is 12.5 Å². The average molecular weight is 358 g/mol. The predicted molar refractivity (Wildman–Crippen MR) is 104 cm³/mol. The van der Waals surface area contributed by atoms with E-state index in [0.717, 1.165) is 48.2 Å². The summed E-state index contributed by atoms with van der Waals surface area (Å²) in [5, 5.41) is 10.4. The number of pyridine rings is 1. The summed E-state index contributed by atoms with van der Waals surface area (Å²) in [5.74, 6) is 0.577. The summed E-state index contributed by atoms with van der Waals surface area (Å²) in [6, 6.07) is 16.1. The molecule has 1 aliphatic rings. The van der Waals surface area contributed by atoms with Crippen LogP contribution in [0.2, 0.25) is 0 Å². The van der Waals surface area contributed by atoms with E-state index in [0.29, 0.717) is 11.5 Å². The summed E-state index contributed by atoms with van der Waals surface area (Å²) in [6.07, 6.45) is 3.74. The van der Waals surface area contributed by atoms with Crippen molar-refractivity contribution in [3.63, 3.8) is 0 Å². The molecule has 0 radical (unpaired) electrons. The lowest BCUT2D eigenvalue weighted by atomic mass is 10.0. The van der Waals surface area contributed by atoms with Crippen molar-refractivity contribution in [1.29, 1.82) is 5.26 Å². The Kier molecular flexibility index (Phi) is 4.64. The van der Waals surface area contributed by atoms with Gasteiger partial charge in [-0.05, 0) is 43.9 Å². The second kappa shape index (κ2) is 7.24. The Labute approximate surface area is 158 Å². The lowest BCUT2D eigenvalue weighted by molar-refractivity contribution is -0.130. The first-order valence-electron chi connectivity index (χ1n) is 9.33. The molecule has 1 atom stereocenters. The topological polar surface area (TPSA) is 61.9 Å². The van der Waals surface area contributed by atoms with E-state index >= 15 is 0 Å². The molecule has 0 aliphatic carbocycles. The van der Waals surface area contributed by atoms with Crippen molar-refractivity contribution in [2.45, 2.75) is 26.3 Å². The first-order chi connectivity index (χ1) is 13.2. The van der Waals surface area contributed by atoms with Gasteiger partial charge in [-0.3, -0.25) is 9.78 Å². The lowest BCUT2D eigenvalue weighted by Crippen LogP contribution is -2.32. The monoisotopic (exact) mass is 358 g/mol. The van der Waals surface area contributed by atoms with Crippen molar-refractivity contribution in [1.82, 2.24) is 14.5 Å². The van der Waals surface area contributed by atoms with Gasteiger partial charge in [-0.25, -0.2) is 0 Å². The van der Waals surface area contributed by atoms with E-state index < -0.39 is 0 Å². The number of carbonyl (C=O) groups excluding carboxylic acids is 1. The maximum absolute atomic E-state index is 12.9. The van der Waals surface area contributed by atoms with Crippen molar-refractivity contribution in [2.24, 2.45) is 5.92 Å². The molecule has 0 N–H and O–H groups in total. The number of likely N-dealkylation sites (tertiary alicyclic amines) is 1. The summed E-state index contributed by atoms with van der Waals surface area (Å²) in [6.45, 7) is 3.77. The molecule has 2 aromatic heterocycles. The van der Waals surface area contributed by atoms with Crippen LogP contribution in [0.3, 0.4) is 0 Å². The summed E-state index contributed by atoms with van der Waals surface area (Å²) in [5.41, 5.74) is 3.55. The zero-order chi connectivity index (χ0) is 18.8. The van der Waals surface area contributed by atoms with Gasteiger partial charge in [0.15, 0.2) is 0 Å². The van der Waals surface area contributed by atoms with Gasteiger partial charge in [0.2, 0.25) is 5.91 Å². The van der Waals surface area contributed by atoms with Crippen molar-refractivity contribution < 1.29 is 4.79 Å². The zero-order valence-electron chi connectivity index (χ0n) is 15.4. The van der Waals surface area contributed by atoms with Crippen molar-refractivity contribution >= 4 is 16.8 Å². The molecule has 1 unspecified atom stereocenters. The third kappa shape index (κ3) is 3.31. The minimum absolute atomic E-state index is 0.117. The lowest BCUT2D eigenvalue weighted by Gasteiger charge is -2.18. The summed E-state index contributed by atoms with van der Waals surface area (Å²) >= 11 is 0. The summed E-state index contributed by atoms with van der Waals surface area (Å²) in [4.78, 5) is 19.3. The van der Waals surface area contributed by atoms with Crippen molar-refractivity contribution in [2.75, 3.05) is 13.1 Å². The molecular weight excluding hydrogens is 336 g/mol. The molecule has 0 saturated carbocycles. The van der Waals surface area contributed by atoms with Crippen LogP contribution in [0.5, 0.6) is 0 Å². The van der Waals surface area contributed by atoms with Gasteiger partial charge >= 0.3 is 0 Å². The Morgan fingerprint density at radius 3 is 2.85 bits per heavy atom. The smallest absolute Gasteiger partial charge is 0.242 e. The number of rotatable bonds is 4. The van der Waals surface area contributed by atoms with Crippen molar-refractivity contribution in [3.8, 4) is 6.07 Å². The molecule has 1 aromatic carbocycles. The van der Waals surface area contributed by atoms with Crippen LogP contribution in [0.1, 0.15) is 23.4 Å². The van der Waals surface area contributed by atoms with E-state index in [1.807, 2.05) is 65.1 Å². The van der Waals surface area contributed by atoms with Crippen LogP contribution < -0.4 is 0 Å². The zero-order valence-corrected chi connectivity index (χ0v) is 15.4. The van der Waals surface area contributed by atoms with E-state index in [2.05, 4.69) is 11.1 Å². The highest BCUT2D eigenvalue weighted by molar-refractivity contribution is 5.89. The normalized spacial score (nSPS) is 16.6. The minimum atomic E-state index is 0.117. The SMILES string of the molecule is Cc1c(C#N)c2ccccc2n1CC(=O)N1CCC(Cc2ccccn2)C1. The average Bonchev–Trinajstić information content (AvgIpc) is 3.26. The van der Waals surface area contributed by atoms with Gasteiger partial charge in [-0.2, -0.15) is 5.26 Å². The number of aromatic nitrogens is 2. The fraction of sp³-hybridized carbons (Fsp3) is 0.318. The maximum atomic E-state index is 12.9. The molecule has 0 bridgehead atoms. The van der Waals surface area contributed by atoms with Crippen LogP contribution in [0.4, 0.5) is 0 Å². The Morgan fingerprint density at radius 1 is 1.26 bits per heavy atom. The minimum Gasteiger partial charge on any atom is -0.341 e. The molecule has 1 aliphatic heterocycles. The molecule has 136 valence electrons. The second-order valence-corrected chi connectivity index (χ2v) is 7.20. The quantitative estimate of drug-likeness (QED) is 0.719. The fourth-order valence-electron chi connectivity index (χ4n) is 4.05. The third-order valence-corrected chi connectivity index (χ3v) is 5.50. The molecule has 27 heavy (non-hydrogen) atoms. The number of para-hydroxylation sites is 1. The predicted octanol–water partition coefficient (Wildman–Crippen LogP) is 3.31. The van der Waals surface area contributed by atoms with Gasteiger partial charge in [0, 0.05) is 36.1 Å². The fourth-order valence-corrected chi connectivity index (χ4v) is 4.05. The maximum Gasteiger partial charge on any atom is 0.242 e. The molecule has 0 spiro atoms. The van der Waals surface area contributed by atoms with Crippen LogP contribution >= 0.6 is 0 Å². The van der Waals surface area contributed by atoms with Gasteiger partial charge < -0.3 is 9.47 Å². The summed E-state index contributed by atoms with van der Waals surface area (Å²) < 4.78 is 1.97. The van der Waals surface area contributed by atoms with Gasteiger partial charge in [-0.15, -0.1) is 0 Å². The number of carbonyl (C=O) groups is 1. The van der Waals surface area contributed by atoms with Crippen LogP contribution in [-0.2, 0) is 17.8 Å². The van der Waals surface area contributed by atoms with E-state index in [4.69, 9.17) is 0 Å². The largest absolute Gasteiger partial charge is 0.341 e. The first kappa shape index (κ1) is 17.3. The van der Waals surface area contributed by atoms with E-state index in [1.54, 1.807) is 0 Å². The number of hydrogen-bond donors (Lipinski definition) is 0. The standard InChI is InChI=1S/C22H22N4O/c1-16-20(13-23)19-7-2-3-8-21(19)26(16)15-22(27)25-11-9-17(14-25)12-18-6-4-5-10-24-18/h2-8,10,17H,9,11-12,14-15H2,1H3. The molecule has 1 saturated heterocycles. The number of fused-ring (bicyclic) bond motifs is 1. The Hall–Kier alpha value is -3.13. The summed E-state index contributed by atoms with van der Waals surface area (Å²) in [7, 11) is 0. The number of amides is 1. The Bertz CT molecular complexity index is 1020. The van der Waals surface area contributed by atoms with Gasteiger partial charge in [0.05, 0.1) is 11.1 Å². The Morgan fingerprint density at radius 2 is 2.07 bits per heavy atom. The van der Waals surface area contributed by atoms with Crippen molar-refractivity contribution in [3.05, 3.63) is 65.6 Å². The third-order valence-electron chi connectivity index (χ3n) is 5.50. The number of nitriles is 1. The highest BCUT2D eigenvalue weighted by Gasteiger charge is 2.27. The van der Waals surface area contributed by atoms with Gasteiger partial charge in [-0.1, -0.05) is 24.3 Å². The van der Waals surface area contributed by atoms with Crippen LogP contribution in [0.15, 0.2) is 48.7 Å². The molecule has 1 fully saturated rings. The van der Waals surface area contributed by atoms with Crippen LogP contribution in [-0.4, -0.2) is 33.4 Å². The van der Waals surface area contributed by atoms with Crippen LogP contribution in [0, 0.1) is 24.2 Å². The molecular formula is C22H22N4O. The molecule has 1 amide bonds. The molecule has 5 nitrogen and oxygen atoms in total. The number of hydrogen-bond acceptors (Lipinski definition) is 3. The van der Waals surface area contributed by atoms with E-state index in [9.17, 15) is 10.1 Å². The number of benzene rings is 1. The van der Waals surface area contributed by atoms with Gasteiger partial charge in [0.25, 0.3) is 0 Å². The number of nitrogens with zero attached hydrogens (tertiary/aromatic N) is 4.